The summed E-state index contributed by atoms with van der Waals surface area (Å²) in [4.78, 5) is 18.6. The molecule has 0 unspecified atom stereocenters. The van der Waals surface area contributed by atoms with E-state index in [9.17, 15) is 4.79 Å². The lowest BCUT2D eigenvalue weighted by Crippen LogP contribution is -2.36. The molecular formula is C16H22N4O3. The van der Waals surface area contributed by atoms with E-state index in [4.69, 9.17) is 9.15 Å². The van der Waals surface area contributed by atoms with E-state index in [-0.39, 0.29) is 17.9 Å². The molecule has 3 heterocycles. The first-order chi connectivity index (χ1) is 11.1. The molecular weight excluding hydrogens is 296 g/mol. The van der Waals surface area contributed by atoms with Crippen molar-refractivity contribution in [2.24, 2.45) is 0 Å². The molecule has 3 rings (SSSR count). The molecule has 0 spiro atoms. The number of nitrogens with zero attached hydrogens (tertiary/aromatic N) is 3. The maximum atomic E-state index is 12.6. The Morgan fingerprint density at radius 3 is 3.04 bits per heavy atom. The van der Waals surface area contributed by atoms with E-state index in [1.807, 2.05) is 19.9 Å². The zero-order chi connectivity index (χ0) is 16.4. The average Bonchev–Trinajstić information content (AvgIpc) is 3.25. The molecule has 23 heavy (non-hydrogen) atoms. The van der Waals surface area contributed by atoms with Gasteiger partial charge in [0.1, 0.15) is 5.82 Å². The summed E-state index contributed by atoms with van der Waals surface area (Å²) in [5, 5.41) is 7.11. The molecule has 0 radical (unpaired) electrons. The molecule has 2 aromatic rings. The lowest BCUT2D eigenvalue weighted by molar-refractivity contribution is 0.0527. The molecule has 0 aromatic carbocycles. The highest BCUT2D eigenvalue weighted by atomic mass is 16.5. The quantitative estimate of drug-likeness (QED) is 0.910. The van der Waals surface area contributed by atoms with Gasteiger partial charge in [-0.05, 0) is 25.8 Å². The number of carbonyl (C=O) groups excluding carboxylic acids is 1. The van der Waals surface area contributed by atoms with Crippen LogP contribution >= 0.6 is 0 Å². The molecule has 1 amide bonds. The number of carbonyl (C=O) groups is 1. The summed E-state index contributed by atoms with van der Waals surface area (Å²) in [5.41, 5.74) is 0.926. The van der Waals surface area contributed by atoms with E-state index in [1.54, 1.807) is 18.2 Å². The number of hydrogen-bond acceptors (Lipinski definition) is 5. The zero-order valence-corrected chi connectivity index (χ0v) is 13.7. The minimum atomic E-state index is -0.118. The van der Waals surface area contributed by atoms with Crippen molar-refractivity contribution in [3.63, 3.8) is 0 Å². The van der Waals surface area contributed by atoms with Crippen LogP contribution in [-0.2, 0) is 11.2 Å². The average molecular weight is 318 g/mol. The Hall–Kier alpha value is -2.15. The third-order valence-electron chi connectivity index (χ3n) is 4.28. The van der Waals surface area contributed by atoms with E-state index in [1.165, 1.54) is 0 Å². The summed E-state index contributed by atoms with van der Waals surface area (Å²) >= 11 is 0. The molecule has 7 heteroatoms. The van der Waals surface area contributed by atoms with Crippen LogP contribution in [0, 0.1) is 6.92 Å². The monoisotopic (exact) mass is 318 g/mol. The minimum Gasteiger partial charge on any atom is -0.459 e. The largest absolute Gasteiger partial charge is 0.459 e. The first-order valence-electron chi connectivity index (χ1n) is 7.92. The fourth-order valence-electron chi connectivity index (χ4n) is 2.98. The number of ether oxygens (including phenoxy) is 1. The number of nitrogens with one attached hydrogen (secondary N) is 1. The first kappa shape index (κ1) is 15.7. The maximum Gasteiger partial charge on any atom is 0.289 e. The van der Waals surface area contributed by atoms with Gasteiger partial charge < -0.3 is 14.1 Å². The van der Waals surface area contributed by atoms with Crippen LogP contribution < -0.4 is 0 Å². The number of aromatic amines is 1. The lowest BCUT2D eigenvalue weighted by atomic mass is 10.0. The predicted octanol–water partition coefficient (Wildman–Crippen LogP) is 1.91. The lowest BCUT2D eigenvalue weighted by Gasteiger charge is -2.23. The number of amides is 1. The molecule has 1 saturated heterocycles. The van der Waals surface area contributed by atoms with Crippen molar-refractivity contribution < 1.29 is 13.9 Å². The van der Waals surface area contributed by atoms with Crippen LogP contribution in [0.15, 0.2) is 16.7 Å². The molecule has 1 aliphatic rings. The highest BCUT2D eigenvalue weighted by molar-refractivity contribution is 5.92. The molecule has 0 aliphatic carbocycles. The fraction of sp³-hybridized carbons (Fsp3) is 0.562. The summed E-state index contributed by atoms with van der Waals surface area (Å²) in [6.45, 7) is 5.02. The van der Waals surface area contributed by atoms with Gasteiger partial charge >= 0.3 is 0 Å². The maximum absolute atomic E-state index is 12.6. The van der Waals surface area contributed by atoms with Gasteiger partial charge in [0, 0.05) is 25.8 Å². The standard InChI is InChI=1S/C16H22N4O3/c1-4-11-5-7-23-14(11)16(21)20(3)9-13-12(6-8-22-13)15-17-10(2)18-19-15/h5,7,12-13H,4,6,8-9H2,1-3H3,(H,17,18,19)/t12-,13-/m1/s1. The van der Waals surface area contributed by atoms with Crippen molar-refractivity contribution in [2.75, 3.05) is 20.2 Å². The Morgan fingerprint density at radius 1 is 1.52 bits per heavy atom. The SMILES string of the molecule is CCc1ccoc1C(=O)N(C)C[C@H]1OCC[C@H]1c1n[nH]c(C)n1. The first-order valence-corrected chi connectivity index (χ1v) is 7.92. The van der Waals surface area contributed by atoms with E-state index in [2.05, 4.69) is 15.2 Å². The summed E-state index contributed by atoms with van der Waals surface area (Å²) in [7, 11) is 1.77. The second-order valence-corrected chi connectivity index (χ2v) is 5.90. The number of likely N-dealkylation sites (N-methyl/N-ethyl adjacent to an activating group) is 1. The van der Waals surface area contributed by atoms with Crippen LogP contribution in [0.3, 0.4) is 0 Å². The van der Waals surface area contributed by atoms with Crippen molar-refractivity contribution in [2.45, 2.75) is 38.7 Å². The number of aromatic nitrogens is 3. The van der Waals surface area contributed by atoms with Gasteiger partial charge in [0.2, 0.25) is 0 Å². The van der Waals surface area contributed by atoms with E-state index in [0.717, 1.165) is 30.1 Å². The van der Waals surface area contributed by atoms with Gasteiger partial charge in [-0.2, -0.15) is 5.10 Å². The Balaban J connectivity index is 1.69. The third kappa shape index (κ3) is 3.14. The fourth-order valence-corrected chi connectivity index (χ4v) is 2.98. The smallest absolute Gasteiger partial charge is 0.289 e. The summed E-state index contributed by atoms with van der Waals surface area (Å²) in [6, 6.07) is 1.84. The van der Waals surface area contributed by atoms with Crippen molar-refractivity contribution in [1.82, 2.24) is 20.1 Å². The Morgan fingerprint density at radius 2 is 2.35 bits per heavy atom. The molecule has 2 atom stereocenters. The molecule has 7 nitrogen and oxygen atoms in total. The van der Waals surface area contributed by atoms with E-state index in [0.29, 0.717) is 18.9 Å². The van der Waals surface area contributed by atoms with Crippen LogP contribution in [0.5, 0.6) is 0 Å². The second-order valence-electron chi connectivity index (χ2n) is 5.90. The highest BCUT2D eigenvalue weighted by Crippen LogP contribution is 2.30. The molecule has 0 saturated carbocycles. The van der Waals surface area contributed by atoms with Gasteiger partial charge in [-0.3, -0.25) is 9.89 Å². The van der Waals surface area contributed by atoms with Crippen molar-refractivity contribution in [3.8, 4) is 0 Å². The topological polar surface area (TPSA) is 84.3 Å². The van der Waals surface area contributed by atoms with Crippen LogP contribution in [-0.4, -0.2) is 52.3 Å². The Kier molecular flexibility index (Phi) is 4.47. The van der Waals surface area contributed by atoms with Gasteiger partial charge in [-0.1, -0.05) is 6.92 Å². The molecule has 124 valence electrons. The Bertz CT molecular complexity index is 678. The van der Waals surface area contributed by atoms with Crippen LogP contribution in [0.4, 0.5) is 0 Å². The zero-order valence-electron chi connectivity index (χ0n) is 13.7. The van der Waals surface area contributed by atoms with E-state index >= 15 is 0 Å². The van der Waals surface area contributed by atoms with Gasteiger partial charge in [-0.15, -0.1) is 0 Å². The number of rotatable bonds is 5. The molecule has 1 N–H and O–H groups in total. The van der Waals surface area contributed by atoms with Gasteiger partial charge in [-0.25, -0.2) is 4.98 Å². The van der Waals surface area contributed by atoms with Crippen LogP contribution in [0.25, 0.3) is 0 Å². The Labute approximate surface area is 135 Å². The van der Waals surface area contributed by atoms with Crippen molar-refractivity contribution in [1.29, 1.82) is 0 Å². The molecule has 1 aliphatic heterocycles. The van der Waals surface area contributed by atoms with Crippen LogP contribution in [0.1, 0.15) is 47.0 Å². The summed E-state index contributed by atoms with van der Waals surface area (Å²) in [6.07, 6.45) is 3.10. The van der Waals surface area contributed by atoms with E-state index < -0.39 is 0 Å². The van der Waals surface area contributed by atoms with Gasteiger partial charge in [0.05, 0.1) is 18.3 Å². The third-order valence-corrected chi connectivity index (χ3v) is 4.28. The number of furan rings is 1. The van der Waals surface area contributed by atoms with Gasteiger partial charge in [0.15, 0.2) is 11.6 Å². The molecule has 0 bridgehead atoms. The second kappa shape index (κ2) is 6.54. The normalized spacial score (nSPS) is 20.8. The van der Waals surface area contributed by atoms with Crippen LogP contribution in [0.2, 0.25) is 0 Å². The number of H-pyrrole nitrogens is 1. The molecule has 2 aromatic heterocycles. The van der Waals surface area contributed by atoms with Crippen molar-refractivity contribution >= 4 is 5.91 Å². The number of aryl methyl sites for hydroxylation is 2. The predicted molar refractivity (Wildman–Crippen MR) is 83.3 cm³/mol. The minimum absolute atomic E-state index is 0.0980. The highest BCUT2D eigenvalue weighted by Gasteiger charge is 2.34. The summed E-state index contributed by atoms with van der Waals surface area (Å²) in [5.74, 6) is 1.96. The summed E-state index contributed by atoms with van der Waals surface area (Å²) < 4.78 is 11.2. The van der Waals surface area contributed by atoms with Gasteiger partial charge in [0.25, 0.3) is 5.91 Å². The van der Waals surface area contributed by atoms with Crippen molar-refractivity contribution in [3.05, 3.63) is 35.3 Å². The molecule has 1 fully saturated rings. The number of hydrogen-bond donors (Lipinski definition) is 1.